The van der Waals surface area contributed by atoms with Crippen LogP contribution in [-0.2, 0) is 15.9 Å². The summed E-state index contributed by atoms with van der Waals surface area (Å²) in [5.41, 5.74) is 0.329. The number of para-hydroxylation sites is 4. The molecule has 0 amide bonds. The van der Waals surface area contributed by atoms with Crippen LogP contribution in [0.15, 0.2) is 97.1 Å². The highest BCUT2D eigenvalue weighted by Crippen LogP contribution is 2.68. The second-order valence-corrected chi connectivity index (χ2v) is 8.37. The molecule has 4 aromatic carbocycles. The summed E-state index contributed by atoms with van der Waals surface area (Å²) < 4.78 is 18.3. The Hall–Kier alpha value is -3.96. The van der Waals surface area contributed by atoms with E-state index in [1.807, 2.05) is 86.6 Å². The van der Waals surface area contributed by atoms with Gasteiger partial charge in [0.05, 0.1) is 0 Å². The van der Waals surface area contributed by atoms with Gasteiger partial charge in [-0.3, -0.25) is 0 Å². The van der Waals surface area contributed by atoms with Crippen molar-refractivity contribution in [3.05, 3.63) is 119 Å². The zero-order chi connectivity index (χ0) is 24.5. The standard InChI is InChI=1S/C26H18O4.C4H10O/c27-21-13-5-1-9-17(21)25-19-11-3-7-15-23(19)30-26(25,18-10-2-6-14-22(18)28)20-12-4-8-16-24(20)29-25;1-3-5-4-2/h1-16,27-28H;3-4H2,1-2H3/t25-,26-;/m0./s1. The third kappa shape index (κ3) is 3.27. The summed E-state index contributed by atoms with van der Waals surface area (Å²) in [6.07, 6.45) is 0. The lowest BCUT2D eigenvalue weighted by Gasteiger charge is -2.39. The molecule has 5 nitrogen and oxygen atoms in total. The fourth-order valence-corrected chi connectivity index (χ4v) is 5.18. The summed E-state index contributed by atoms with van der Waals surface area (Å²) in [6, 6.07) is 29.6. The Labute approximate surface area is 205 Å². The van der Waals surface area contributed by atoms with E-state index < -0.39 is 11.2 Å². The number of ether oxygens (including phenoxy) is 3. The molecular weight excluding hydrogens is 440 g/mol. The molecule has 0 saturated carbocycles. The first-order chi connectivity index (χ1) is 17.1. The van der Waals surface area contributed by atoms with Crippen molar-refractivity contribution in [2.45, 2.75) is 25.0 Å². The van der Waals surface area contributed by atoms with Crippen LogP contribution in [-0.4, -0.2) is 23.4 Å². The van der Waals surface area contributed by atoms with Crippen LogP contribution in [0, 0.1) is 0 Å². The third-order valence-corrected chi connectivity index (χ3v) is 6.53. The van der Waals surface area contributed by atoms with Gasteiger partial charge in [0.15, 0.2) is 0 Å². The number of hydrogen-bond acceptors (Lipinski definition) is 5. The monoisotopic (exact) mass is 468 g/mol. The first-order valence-electron chi connectivity index (χ1n) is 11.8. The normalized spacial score (nSPS) is 21.0. The van der Waals surface area contributed by atoms with Gasteiger partial charge in [-0.1, -0.05) is 72.8 Å². The zero-order valence-corrected chi connectivity index (χ0v) is 19.8. The second-order valence-electron chi connectivity index (χ2n) is 8.37. The highest BCUT2D eigenvalue weighted by molar-refractivity contribution is 5.68. The Bertz CT molecular complexity index is 1250. The number of aromatic hydroxyl groups is 2. The molecule has 6 rings (SSSR count). The van der Waals surface area contributed by atoms with E-state index in [-0.39, 0.29) is 11.5 Å². The van der Waals surface area contributed by atoms with E-state index in [1.165, 1.54) is 0 Å². The van der Waals surface area contributed by atoms with Crippen molar-refractivity contribution in [2.75, 3.05) is 13.2 Å². The molecule has 0 spiro atoms. The maximum atomic E-state index is 10.9. The van der Waals surface area contributed by atoms with Gasteiger partial charge in [0, 0.05) is 35.5 Å². The first kappa shape index (κ1) is 22.8. The molecule has 2 aliphatic rings. The predicted octanol–water partition coefficient (Wildman–Crippen LogP) is 6.11. The minimum atomic E-state index is -1.21. The molecule has 0 aliphatic carbocycles. The van der Waals surface area contributed by atoms with Crippen molar-refractivity contribution in [3.63, 3.8) is 0 Å². The van der Waals surface area contributed by atoms with Gasteiger partial charge in [0.25, 0.3) is 0 Å². The molecular formula is C30H28O5. The van der Waals surface area contributed by atoms with E-state index >= 15 is 0 Å². The Morgan fingerprint density at radius 1 is 0.543 bits per heavy atom. The Balaban J connectivity index is 0.000000464. The van der Waals surface area contributed by atoms with Crippen LogP contribution < -0.4 is 9.47 Å². The van der Waals surface area contributed by atoms with Crippen molar-refractivity contribution < 1.29 is 24.4 Å². The second kappa shape index (κ2) is 9.01. The third-order valence-electron chi connectivity index (χ3n) is 6.53. The van der Waals surface area contributed by atoms with Crippen LogP contribution in [0.4, 0.5) is 0 Å². The Morgan fingerprint density at radius 3 is 1.23 bits per heavy atom. The number of fused-ring (bicyclic) bond motifs is 5. The molecule has 178 valence electrons. The van der Waals surface area contributed by atoms with Gasteiger partial charge in [-0.2, -0.15) is 0 Å². The molecule has 2 heterocycles. The molecule has 0 radical (unpaired) electrons. The maximum absolute atomic E-state index is 10.9. The van der Waals surface area contributed by atoms with E-state index in [1.54, 1.807) is 24.3 Å². The van der Waals surface area contributed by atoms with Gasteiger partial charge < -0.3 is 24.4 Å². The van der Waals surface area contributed by atoms with Crippen LogP contribution in [0.5, 0.6) is 23.0 Å². The molecule has 0 aromatic heterocycles. The zero-order valence-electron chi connectivity index (χ0n) is 19.8. The summed E-state index contributed by atoms with van der Waals surface area (Å²) in [5.74, 6) is 1.51. The molecule has 2 atom stereocenters. The van der Waals surface area contributed by atoms with Gasteiger partial charge in [-0.15, -0.1) is 0 Å². The Kier molecular flexibility index (Phi) is 5.87. The fourth-order valence-electron chi connectivity index (χ4n) is 5.18. The van der Waals surface area contributed by atoms with Crippen molar-refractivity contribution in [1.29, 1.82) is 0 Å². The first-order valence-corrected chi connectivity index (χ1v) is 11.8. The summed E-state index contributed by atoms with van der Waals surface area (Å²) in [5, 5.41) is 21.9. The highest BCUT2D eigenvalue weighted by atomic mass is 16.6. The summed E-state index contributed by atoms with van der Waals surface area (Å²) in [7, 11) is 0. The van der Waals surface area contributed by atoms with Gasteiger partial charge in [-0.05, 0) is 38.1 Å². The van der Waals surface area contributed by atoms with Crippen molar-refractivity contribution in [1.82, 2.24) is 0 Å². The summed E-state index contributed by atoms with van der Waals surface area (Å²) in [4.78, 5) is 0. The minimum absolute atomic E-state index is 0.102. The molecule has 2 aliphatic heterocycles. The predicted molar refractivity (Wildman–Crippen MR) is 134 cm³/mol. The number of hydrogen-bond donors (Lipinski definition) is 2. The molecule has 5 heteroatoms. The van der Waals surface area contributed by atoms with Crippen LogP contribution in [0.25, 0.3) is 0 Å². The lowest BCUT2D eigenvalue weighted by atomic mass is 9.69. The van der Waals surface area contributed by atoms with Crippen molar-refractivity contribution in [2.24, 2.45) is 0 Å². The van der Waals surface area contributed by atoms with Gasteiger partial charge in [0.2, 0.25) is 11.2 Å². The molecule has 4 aromatic rings. The molecule has 0 bridgehead atoms. The van der Waals surface area contributed by atoms with E-state index in [2.05, 4.69) is 0 Å². The Morgan fingerprint density at radius 2 is 0.886 bits per heavy atom. The number of benzene rings is 4. The van der Waals surface area contributed by atoms with Crippen LogP contribution in [0.3, 0.4) is 0 Å². The molecule has 0 saturated heterocycles. The molecule has 2 N–H and O–H groups in total. The van der Waals surface area contributed by atoms with Gasteiger partial charge in [0.1, 0.15) is 23.0 Å². The molecule has 35 heavy (non-hydrogen) atoms. The van der Waals surface area contributed by atoms with Crippen molar-refractivity contribution >= 4 is 0 Å². The van der Waals surface area contributed by atoms with Crippen molar-refractivity contribution in [3.8, 4) is 23.0 Å². The van der Waals surface area contributed by atoms with Crippen LogP contribution in [0.2, 0.25) is 0 Å². The average Bonchev–Trinajstić information content (AvgIpc) is 3.33. The minimum Gasteiger partial charge on any atom is -0.507 e. The largest absolute Gasteiger partial charge is 0.507 e. The number of rotatable bonds is 4. The molecule has 0 fully saturated rings. The van der Waals surface area contributed by atoms with Gasteiger partial charge >= 0.3 is 0 Å². The van der Waals surface area contributed by atoms with E-state index in [4.69, 9.17) is 14.2 Å². The highest BCUT2D eigenvalue weighted by Gasteiger charge is 2.71. The van der Waals surface area contributed by atoms with E-state index in [9.17, 15) is 10.2 Å². The quantitative estimate of drug-likeness (QED) is 0.378. The lowest BCUT2D eigenvalue weighted by molar-refractivity contribution is -0.0171. The van der Waals surface area contributed by atoms with Gasteiger partial charge in [-0.25, -0.2) is 0 Å². The summed E-state index contributed by atoms with van der Waals surface area (Å²) in [6.45, 7) is 5.67. The lowest BCUT2D eigenvalue weighted by Crippen LogP contribution is -2.50. The summed E-state index contributed by atoms with van der Waals surface area (Å²) >= 11 is 0. The maximum Gasteiger partial charge on any atom is 0.214 e. The van der Waals surface area contributed by atoms with E-state index in [0.29, 0.717) is 22.6 Å². The van der Waals surface area contributed by atoms with Crippen LogP contribution >= 0.6 is 0 Å². The SMILES string of the molecule is CCOCC.Oc1ccccc1[C@@]12Oc3ccccc3[C@]1(c1ccccc1O)Oc1ccccc12. The van der Waals surface area contributed by atoms with Crippen LogP contribution in [0.1, 0.15) is 36.1 Å². The number of phenols is 2. The molecule has 0 unspecified atom stereocenters. The smallest absolute Gasteiger partial charge is 0.214 e. The average molecular weight is 469 g/mol. The topological polar surface area (TPSA) is 68.2 Å². The van der Waals surface area contributed by atoms with E-state index in [0.717, 1.165) is 24.3 Å². The number of phenolic OH excluding ortho intramolecular Hbond substituents is 2. The fraction of sp³-hybridized carbons (Fsp3) is 0.200.